The summed E-state index contributed by atoms with van der Waals surface area (Å²) < 4.78 is 63.6. The summed E-state index contributed by atoms with van der Waals surface area (Å²) >= 11 is 0. The van der Waals surface area contributed by atoms with Gasteiger partial charge in [-0.1, -0.05) is 36.4 Å². The largest absolute Gasteiger partial charge is 1.00 e. The first-order chi connectivity index (χ1) is 9.21. The summed E-state index contributed by atoms with van der Waals surface area (Å²) in [6.07, 6.45) is -0.289. The molecule has 112 valence electrons. The third kappa shape index (κ3) is 4.79. The molecule has 1 aliphatic rings. The molecule has 1 aromatic rings. The van der Waals surface area contributed by atoms with Crippen LogP contribution in [0.1, 0.15) is 18.4 Å². The van der Waals surface area contributed by atoms with Gasteiger partial charge in [-0.3, -0.25) is 0 Å². The number of nitrogens with zero attached hydrogens (tertiary/aromatic N) is 1. The van der Waals surface area contributed by atoms with Gasteiger partial charge in [0, 0.05) is 13.1 Å². The zero-order valence-electron chi connectivity index (χ0n) is 12.1. The van der Waals surface area contributed by atoms with Crippen LogP contribution in [0.2, 0.25) is 5.82 Å². The van der Waals surface area contributed by atoms with E-state index in [0.29, 0.717) is 0 Å². The second kappa shape index (κ2) is 7.46. The Morgan fingerprint density at radius 3 is 2.00 bits per heavy atom. The van der Waals surface area contributed by atoms with Crippen molar-refractivity contribution in [2.45, 2.75) is 30.5 Å². The van der Waals surface area contributed by atoms with Crippen LogP contribution in [0.25, 0.3) is 0 Å². The van der Waals surface area contributed by atoms with Crippen molar-refractivity contribution in [3.63, 3.8) is 0 Å². The Hall–Kier alpha value is 0.621. The number of hydrogen-bond donors (Lipinski definition) is 0. The van der Waals surface area contributed by atoms with Crippen molar-refractivity contribution in [3.05, 3.63) is 29.8 Å². The van der Waals surface area contributed by atoms with Gasteiger partial charge >= 0.3 is 58.4 Å². The maximum Gasteiger partial charge on any atom is 1.00 e. The van der Waals surface area contributed by atoms with Crippen LogP contribution in [-0.2, 0) is 10.0 Å². The fourth-order valence-corrected chi connectivity index (χ4v) is 3.82. The molecule has 3 nitrogen and oxygen atoms in total. The zero-order valence-corrected chi connectivity index (χ0v) is 16.0. The average molecular weight is 345 g/mol. The van der Waals surface area contributed by atoms with Gasteiger partial charge in [0.05, 0.1) is 4.90 Å². The topological polar surface area (TPSA) is 37.4 Å². The van der Waals surface area contributed by atoms with Crippen molar-refractivity contribution in [2.24, 2.45) is 0 Å². The van der Waals surface area contributed by atoms with Gasteiger partial charge in [0.15, 0.2) is 0 Å². The third-order valence-corrected chi connectivity index (χ3v) is 5.60. The molecular formula is C12H16BF3KNO2S. The van der Waals surface area contributed by atoms with Crippen molar-refractivity contribution >= 4 is 17.0 Å². The molecule has 0 atom stereocenters. The van der Waals surface area contributed by atoms with Crippen LogP contribution in [0, 0.1) is 6.92 Å². The van der Waals surface area contributed by atoms with Crippen molar-refractivity contribution in [3.8, 4) is 0 Å². The van der Waals surface area contributed by atoms with Gasteiger partial charge in [-0.25, -0.2) is 8.42 Å². The van der Waals surface area contributed by atoms with Gasteiger partial charge < -0.3 is 12.9 Å². The molecule has 1 heterocycles. The molecule has 0 aromatic heterocycles. The van der Waals surface area contributed by atoms with E-state index in [2.05, 4.69) is 0 Å². The van der Waals surface area contributed by atoms with E-state index >= 15 is 0 Å². The predicted molar refractivity (Wildman–Crippen MR) is 72.0 cm³/mol. The Kier molecular flexibility index (Phi) is 6.99. The minimum absolute atomic E-state index is 0. The van der Waals surface area contributed by atoms with Crippen LogP contribution in [0.3, 0.4) is 0 Å². The monoisotopic (exact) mass is 345 g/mol. The summed E-state index contributed by atoms with van der Waals surface area (Å²) in [5.74, 6) is -1.33. The molecule has 1 aromatic carbocycles. The molecule has 0 amide bonds. The minimum Gasteiger partial charge on any atom is -0.449 e. The standard InChI is InChI=1S/C12H16BF3NO2S.K/c1-10-2-4-12(5-3-10)20(18,19)17-8-6-11(7-9-17)13(14,15)16;/h2-5,11H,6-9H2,1H3;/q-1;+1. The van der Waals surface area contributed by atoms with Crippen LogP contribution in [0.4, 0.5) is 12.9 Å². The molecule has 1 fully saturated rings. The summed E-state index contributed by atoms with van der Waals surface area (Å²) in [5, 5.41) is 0. The first-order valence-corrected chi connectivity index (χ1v) is 7.92. The minimum atomic E-state index is -4.87. The van der Waals surface area contributed by atoms with E-state index in [0.717, 1.165) is 9.87 Å². The number of benzene rings is 1. The average Bonchev–Trinajstić information content (AvgIpc) is 2.38. The third-order valence-electron chi connectivity index (χ3n) is 3.69. The van der Waals surface area contributed by atoms with Crippen LogP contribution < -0.4 is 51.4 Å². The second-order valence-electron chi connectivity index (χ2n) is 5.18. The molecule has 0 unspecified atom stereocenters. The van der Waals surface area contributed by atoms with Crippen molar-refractivity contribution in [1.29, 1.82) is 0 Å². The van der Waals surface area contributed by atoms with Crippen LogP contribution >= 0.6 is 0 Å². The molecule has 0 N–H and O–H groups in total. The molecule has 0 aliphatic carbocycles. The second-order valence-corrected chi connectivity index (χ2v) is 7.12. The normalized spacial score (nSPS) is 18.3. The summed E-state index contributed by atoms with van der Waals surface area (Å²) in [7, 11) is -3.67. The summed E-state index contributed by atoms with van der Waals surface area (Å²) in [6, 6.07) is 6.34. The number of hydrogen-bond acceptors (Lipinski definition) is 2. The number of sulfonamides is 1. The number of aryl methyl sites for hydroxylation is 1. The van der Waals surface area contributed by atoms with E-state index in [9.17, 15) is 21.4 Å². The van der Waals surface area contributed by atoms with E-state index in [1.165, 1.54) is 12.1 Å². The molecule has 1 aliphatic heterocycles. The summed E-state index contributed by atoms with van der Waals surface area (Å²) in [6.45, 7) is -3.17. The Morgan fingerprint density at radius 1 is 1.10 bits per heavy atom. The maximum atomic E-state index is 12.6. The Bertz CT molecular complexity index is 569. The number of halogens is 3. The van der Waals surface area contributed by atoms with Crippen molar-refractivity contribution < 1.29 is 72.7 Å². The van der Waals surface area contributed by atoms with Gasteiger partial charge in [-0.05, 0) is 19.1 Å². The molecule has 9 heteroatoms. The van der Waals surface area contributed by atoms with Gasteiger partial charge in [0.2, 0.25) is 10.0 Å². The fourth-order valence-electron chi connectivity index (χ4n) is 2.35. The van der Waals surface area contributed by atoms with E-state index in [1.54, 1.807) is 12.1 Å². The molecule has 0 saturated carbocycles. The molecule has 0 radical (unpaired) electrons. The smallest absolute Gasteiger partial charge is 0.449 e. The van der Waals surface area contributed by atoms with E-state index in [1.807, 2.05) is 6.92 Å². The zero-order chi connectivity index (χ0) is 15.0. The van der Waals surface area contributed by atoms with Gasteiger partial charge in [-0.2, -0.15) is 4.31 Å². The maximum absolute atomic E-state index is 12.6. The van der Waals surface area contributed by atoms with Crippen molar-refractivity contribution in [2.75, 3.05) is 13.1 Å². The SMILES string of the molecule is Cc1ccc(S(=O)(=O)N2CCC([B-](F)(F)F)CC2)cc1.[K+]. The molecular weight excluding hydrogens is 329 g/mol. The van der Waals surface area contributed by atoms with E-state index in [-0.39, 0.29) is 82.2 Å². The van der Waals surface area contributed by atoms with E-state index < -0.39 is 22.8 Å². The van der Waals surface area contributed by atoms with Crippen LogP contribution in [-0.4, -0.2) is 32.8 Å². The Balaban J connectivity index is 0.00000220. The Morgan fingerprint density at radius 2 is 1.57 bits per heavy atom. The van der Waals surface area contributed by atoms with E-state index in [4.69, 9.17) is 0 Å². The van der Waals surface area contributed by atoms with Gasteiger partial charge in [-0.15, -0.1) is 0 Å². The summed E-state index contributed by atoms with van der Waals surface area (Å²) in [4.78, 5) is 0.138. The molecule has 0 spiro atoms. The van der Waals surface area contributed by atoms with Gasteiger partial charge in [0.25, 0.3) is 0 Å². The fraction of sp³-hybridized carbons (Fsp3) is 0.500. The van der Waals surface area contributed by atoms with Crippen LogP contribution in [0.15, 0.2) is 29.2 Å². The van der Waals surface area contributed by atoms with Crippen LogP contribution in [0.5, 0.6) is 0 Å². The molecule has 2 rings (SSSR count). The summed E-state index contributed by atoms with van der Waals surface area (Å²) in [5.41, 5.74) is 0.933. The molecule has 0 bridgehead atoms. The molecule has 1 saturated heterocycles. The number of piperidine rings is 1. The number of rotatable bonds is 3. The first-order valence-electron chi connectivity index (χ1n) is 6.48. The predicted octanol–water partition coefficient (Wildman–Crippen LogP) is 0.00112. The van der Waals surface area contributed by atoms with Gasteiger partial charge in [0.1, 0.15) is 0 Å². The Labute approximate surface area is 165 Å². The molecule has 21 heavy (non-hydrogen) atoms. The first kappa shape index (κ1) is 19.7. The van der Waals surface area contributed by atoms with Crippen molar-refractivity contribution in [1.82, 2.24) is 4.31 Å². The quantitative estimate of drug-likeness (QED) is 0.724.